The van der Waals surface area contributed by atoms with Crippen molar-refractivity contribution in [3.05, 3.63) is 26.4 Å². The topological polar surface area (TPSA) is 51.8 Å². The molecule has 0 radical (unpaired) electrons. The summed E-state index contributed by atoms with van der Waals surface area (Å²) >= 11 is 6.73. The Morgan fingerprint density at radius 1 is 1.17 bits per heavy atom. The number of nitrogen functional groups attached to an aromatic ring is 1. The van der Waals surface area contributed by atoms with E-state index in [1.165, 1.54) is 10.4 Å². The minimum Gasteiger partial charge on any atom is -0.383 e. The van der Waals surface area contributed by atoms with E-state index in [0.29, 0.717) is 11.6 Å². The highest BCUT2D eigenvalue weighted by Crippen LogP contribution is 2.35. The van der Waals surface area contributed by atoms with Crippen molar-refractivity contribution in [1.82, 2.24) is 9.97 Å². The first kappa shape index (κ1) is 12.1. The zero-order valence-electron chi connectivity index (χ0n) is 9.82. The number of halogens is 1. The molecule has 0 aromatic carbocycles. The lowest BCUT2D eigenvalue weighted by atomic mass is 10.2. The predicted octanol–water partition coefficient (Wildman–Crippen LogP) is 4.38. The van der Waals surface area contributed by atoms with Crippen molar-refractivity contribution < 1.29 is 0 Å². The molecule has 6 heteroatoms. The summed E-state index contributed by atoms with van der Waals surface area (Å²) in [6.07, 6.45) is 0. The maximum absolute atomic E-state index is 6.06. The average Bonchev–Trinajstić information content (AvgIpc) is 2.85. The van der Waals surface area contributed by atoms with Gasteiger partial charge in [-0.05, 0) is 47.5 Å². The Morgan fingerprint density at radius 2 is 1.94 bits per heavy atom. The van der Waals surface area contributed by atoms with Crippen LogP contribution in [-0.4, -0.2) is 9.97 Å². The summed E-state index contributed by atoms with van der Waals surface area (Å²) < 4.78 is 1.07. The highest BCUT2D eigenvalue weighted by atomic mass is 79.9. The van der Waals surface area contributed by atoms with Gasteiger partial charge in [0, 0.05) is 4.88 Å². The Hall–Kier alpha value is -0.980. The summed E-state index contributed by atoms with van der Waals surface area (Å²) in [5.41, 5.74) is 7.25. The van der Waals surface area contributed by atoms with Crippen molar-refractivity contribution in [1.29, 1.82) is 0 Å². The Morgan fingerprint density at radius 3 is 2.61 bits per heavy atom. The standard InChI is InChI=1S/C12H10BrN3S2/c1-5-6(2)17-12-9(5)10(14)15-11(16-12)7-3-4-8(13)18-7/h3-4H,1-2H3,(H2,14,15,16). The van der Waals surface area contributed by atoms with Crippen LogP contribution in [0.2, 0.25) is 0 Å². The number of aromatic nitrogens is 2. The van der Waals surface area contributed by atoms with Gasteiger partial charge >= 0.3 is 0 Å². The zero-order chi connectivity index (χ0) is 12.9. The summed E-state index contributed by atoms with van der Waals surface area (Å²) in [6.45, 7) is 4.15. The van der Waals surface area contributed by atoms with Gasteiger partial charge < -0.3 is 5.73 Å². The zero-order valence-corrected chi connectivity index (χ0v) is 13.0. The molecule has 0 aliphatic heterocycles. The molecule has 3 aromatic heterocycles. The van der Waals surface area contributed by atoms with Crippen molar-refractivity contribution in [3.8, 4) is 10.7 Å². The second-order valence-corrected chi connectivity index (χ2v) is 7.67. The number of aryl methyl sites for hydroxylation is 2. The van der Waals surface area contributed by atoms with Crippen molar-refractivity contribution in [2.45, 2.75) is 13.8 Å². The third kappa shape index (κ3) is 1.84. The van der Waals surface area contributed by atoms with Gasteiger partial charge in [-0.3, -0.25) is 0 Å². The molecule has 0 fully saturated rings. The fourth-order valence-electron chi connectivity index (χ4n) is 1.83. The summed E-state index contributed by atoms with van der Waals surface area (Å²) in [5.74, 6) is 1.28. The van der Waals surface area contributed by atoms with E-state index in [9.17, 15) is 0 Å². The first-order valence-electron chi connectivity index (χ1n) is 5.35. The van der Waals surface area contributed by atoms with E-state index in [1.807, 2.05) is 12.1 Å². The van der Waals surface area contributed by atoms with Gasteiger partial charge in [-0.15, -0.1) is 22.7 Å². The van der Waals surface area contributed by atoms with Crippen molar-refractivity contribution in [3.63, 3.8) is 0 Å². The van der Waals surface area contributed by atoms with E-state index >= 15 is 0 Å². The molecule has 2 N–H and O–H groups in total. The molecule has 0 spiro atoms. The normalized spacial score (nSPS) is 11.3. The summed E-state index contributed by atoms with van der Waals surface area (Å²) in [6, 6.07) is 4.00. The van der Waals surface area contributed by atoms with Crippen LogP contribution >= 0.6 is 38.6 Å². The molecule has 18 heavy (non-hydrogen) atoms. The van der Waals surface area contributed by atoms with Gasteiger partial charge in [0.05, 0.1) is 14.0 Å². The predicted molar refractivity (Wildman–Crippen MR) is 82.3 cm³/mol. The molecule has 3 heterocycles. The van der Waals surface area contributed by atoms with Crippen molar-refractivity contribution in [2.75, 3.05) is 5.73 Å². The van der Waals surface area contributed by atoms with Crippen LogP contribution in [-0.2, 0) is 0 Å². The fourth-order valence-corrected chi connectivity index (χ4v) is 4.18. The molecule has 3 rings (SSSR count). The number of hydrogen-bond donors (Lipinski definition) is 1. The Kier molecular flexibility index (Phi) is 2.88. The highest BCUT2D eigenvalue weighted by molar-refractivity contribution is 9.11. The Balaban J connectivity index is 2.27. The summed E-state index contributed by atoms with van der Waals surface area (Å²) in [4.78, 5) is 12.3. The molecule has 0 aliphatic rings. The van der Waals surface area contributed by atoms with Crippen LogP contribution < -0.4 is 5.73 Å². The maximum Gasteiger partial charge on any atom is 0.173 e. The second-order valence-electron chi connectivity index (χ2n) is 4.00. The molecule has 3 aromatic rings. The molecule has 0 saturated heterocycles. The molecular weight excluding hydrogens is 330 g/mol. The molecule has 0 atom stereocenters. The lowest BCUT2D eigenvalue weighted by Gasteiger charge is -2.01. The fraction of sp³-hybridized carbons (Fsp3) is 0.167. The number of anilines is 1. The first-order chi connectivity index (χ1) is 8.56. The number of fused-ring (bicyclic) bond motifs is 1. The first-order valence-corrected chi connectivity index (χ1v) is 7.78. The van der Waals surface area contributed by atoms with Gasteiger partial charge in [-0.1, -0.05) is 0 Å². The third-order valence-corrected chi connectivity index (χ3v) is 5.57. The average molecular weight is 340 g/mol. The summed E-state index contributed by atoms with van der Waals surface area (Å²) in [7, 11) is 0. The lowest BCUT2D eigenvalue weighted by molar-refractivity contribution is 1.25. The smallest absolute Gasteiger partial charge is 0.173 e. The van der Waals surface area contributed by atoms with E-state index in [-0.39, 0.29) is 0 Å². The van der Waals surface area contributed by atoms with E-state index in [2.05, 4.69) is 39.7 Å². The van der Waals surface area contributed by atoms with Gasteiger partial charge in [0.15, 0.2) is 5.82 Å². The number of nitrogens with zero attached hydrogens (tertiary/aromatic N) is 2. The number of nitrogens with two attached hydrogens (primary N) is 1. The number of hydrogen-bond acceptors (Lipinski definition) is 5. The molecule has 0 amide bonds. The van der Waals surface area contributed by atoms with E-state index in [0.717, 1.165) is 18.9 Å². The van der Waals surface area contributed by atoms with Crippen molar-refractivity contribution >= 4 is 54.6 Å². The largest absolute Gasteiger partial charge is 0.383 e. The minimum absolute atomic E-state index is 0.571. The Bertz CT molecular complexity index is 745. The van der Waals surface area contributed by atoms with Crippen LogP contribution in [0.1, 0.15) is 10.4 Å². The quantitative estimate of drug-likeness (QED) is 0.715. The van der Waals surface area contributed by atoms with Crippen LogP contribution in [0.4, 0.5) is 5.82 Å². The molecule has 0 unspecified atom stereocenters. The van der Waals surface area contributed by atoms with Gasteiger partial charge in [-0.25, -0.2) is 9.97 Å². The van der Waals surface area contributed by atoms with E-state index < -0.39 is 0 Å². The van der Waals surface area contributed by atoms with Crippen molar-refractivity contribution in [2.24, 2.45) is 0 Å². The van der Waals surface area contributed by atoms with Gasteiger partial charge in [0.2, 0.25) is 0 Å². The third-order valence-electron chi connectivity index (χ3n) is 2.85. The molecule has 0 saturated carbocycles. The monoisotopic (exact) mass is 339 g/mol. The number of rotatable bonds is 1. The van der Waals surface area contributed by atoms with E-state index in [4.69, 9.17) is 5.73 Å². The van der Waals surface area contributed by atoms with Gasteiger partial charge in [0.25, 0.3) is 0 Å². The van der Waals surface area contributed by atoms with Crippen LogP contribution in [0, 0.1) is 13.8 Å². The second kappa shape index (κ2) is 4.29. The van der Waals surface area contributed by atoms with Crippen LogP contribution in [0.25, 0.3) is 20.9 Å². The molecule has 92 valence electrons. The lowest BCUT2D eigenvalue weighted by Crippen LogP contribution is -1.95. The van der Waals surface area contributed by atoms with Crippen LogP contribution in [0.5, 0.6) is 0 Å². The highest BCUT2D eigenvalue weighted by Gasteiger charge is 2.14. The summed E-state index contributed by atoms with van der Waals surface area (Å²) in [5, 5.41) is 0.997. The molecule has 0 aliphatic carbocycles. The van der Waals surface area contributed by atoms with Crippen LogP contribution in [0.15, 0.2) is 15.9 Å². The number of thiophene rings is 2. The maximum atomic E-state index is 6.06. The van der Waals surface area contributed by atoms with Gasteiger partial charge in [0.1, 0.15) is 10.6 Å². The minimum atomic E-state index is 0.571. The van der Waals surface area contributed by atoms with Crippen LogP contribution in [0.3, 0.4) is 0 Å². The molecule has 3 nitrogen and oxygen atoms in total. The van der Waals surface area contributed by atoms with Gasteiger partial charge in [-0.2, -0.15) is 0 Å². The molecular formula is C12H10BrN3S2. The Labute approximate surface area is 121 Å². The van der Waals surface area contributed by atoms with E-state index in [1.54, 1.807) is 22.7 Å². The molecule has 0 bridgehead atoms. The SMILES string of the molecule is Cc1sc2nc(-c3ccc(Br)s3)nc(N)c2c1C.